The van der Waals surface area contributed by atoms with Crippen molar-refractivity contribution in [2.75, 3.05) is 18.7 Å². The Balaban J connectivity index is 1.56. The SMILES string of the molecule is CC(=O)N(CCC(=O)Nc1cc(C)on1)Cc1ccc2c(c1)OCO2. The zero-order valence-corrected chi connectivity index (χ0v) is 14.1. The Bertz CT molecular complexity index is 786. The van der Waals surface area contributed by atoms with E-state index in [1.165, 1.54) is 6.92 Å². The number of anilines is 1. The number of aromatic nitrogens is 1. The summed E-state index contributed by atoms with van der Waals surface area (Å²) in [6.45, 7) is 4.11. The van der Waals surface area contributed by atoms with Crippen LogP contribution >= 0.6 is 0 Å². The minimum atomic E-state index is -0.231. The zero-order valence-electron chi connectivity index (χ0n) is 14.1. The number of nitrogens with zero attached hydrogens (tertiary/aromatic N) is 2. The Labute approximate surface area is 144 Å². The van der Waals surface area contributed by atoms with Crippen LogP contribution < -0.4 is 14.8 Å². The molecule has 8 heteroatoms. The normalized spacial score (nSPS) is 12.1. The summed E-state index contributed by atoms with van der Waals surface area (Å²) in [6.07, 6.45) is 0.163. The molecule has 25 heavy (non-hydrogen) atoms. The highest BCUT2D eigenvalue weighted by Crippen LogP contribution is 2.32. The fraction of sp³-hybridized carbons (Fsp3) is 0.353. The van der Waals surface area contributed by atoms with E-state index in [0.29, 0.717) is 36.2 Å². The molecule has 1 N–H and O–H groups in total. The summed E-state index contributed by atoms with van der Waals surface area (Å²) in [7, 11) is 0. The Morgan fingerprint density at radius 3 is 2.76 bits per heavy atom. The van der Waals surface area contributed by atoms with Crippen LogP contribution in [0.5, 0.6) is 11.5 Å². The molecule has 0 fully saturated rings. The summed E-state index contributed by atoms with van der Waals surface area (Å²) < 4.78 is 15.5. The minimum absolute atomic E-state index is 0.109. The van der Waals surface area contributed by atoms with Gasteiger partial charge in [-0.05, 0) is 24.6 Å². The predicted molar refractivity (Wildman–Crippen MR) is 88.1 cm³/mol. The van der Waals surface area contributed by atoms with Gasteiger partial charge in [0.15, 0.2) is 17.3 Å². The van der Waals surface area contributed by atoms with E-state index in [2.05, 4.69) is 10.5 Å². The maximum absolute atomic E-state index is 12.0. The number of amides is 2. The van der Waals surface area contributed by atoms with Crippen LogP contribution in [0.3, 0.4) is 0 Å². The van der Waals surface area contributed by atoms with Crippen LogP contribution in [-0.2, 0) is 16.1 Å². The van der Waals surface area contributed by atoms with Crippen molar-refractivity contribution in [1.82, 2.24) is 10.1 Å². The third-order valence-corrected chi connectivity index (χ3v) is 3.76. The molecule has 1 aliphatic rings. The predicted octanol–water partition coefficient (Wildman–Crippen LogP) is 2.09. The minimum Gasteiger partial charge on any atom is -0.454 e. The molecule has 1 aliphatic heterocycles. The van der Waals surface area contributed by atoms with E-state index in [-0.39, 0.29) is 25.0 Å². The van der Waals surface area contributed by atoms with Gasteiger partial charge in [-0.25, -0.2) is 0 Å². The van der Waals surface area contributed by atoms with E-state index in [1.54, 1.807) is 17.9 Å². The number of aryl methyl sites for hydroxylation is 1. The van der Waals surface area contributed by atoms with E-state index in [4.69, 9.17) is 14.0 Å². The van der Waals surface area contributed by atoms with Gasteiger partial charge in [0.2, 0.25) is 18.6 Å². The lowest BCUT2D eigenvalue weighted by molar-refractivity contribution is -0.129. The third-order valence-electron chi connectivity index (χ3n) is 3.76. The highest BCUT2D eigenvalue weighted by atomic mass is 16.7. The van der Waals surface area contributed by atoms with Gasteiger partial charge in [0.1, 0.15) is 5.76 Å². The number of carbonyl (C=O) groups excluding carboxylic acids is 2. The molecule has 0 aliphatic carbocycles. The molecule has 2 amide bonds. The molecule has 0 saturated carbocycles. The summed E-state index contributed by atoms with van der Waals surface area (Å²) in [5.41, 5.74) is 0.909. The van der Waals surface area contributed by atoms with Crippen LogP contribution in [0.15, 0.2) is 28.8 Å². The first-order valence-corrected chi connectivity index (χ1v) is 7.88. The number of hydrogen-bond donors (Lipinski definition) is 1. The quantitative estimate of drug-likeness (QED) is 0.861. The third kappa shape index (κ3) is 4.28. The van der Waals surface area contributed by atoms with Gasteiger partial charge >= 0.3 is 0 Å². The van der Waals surface area contributed by atoms with Crippen LogP contribution in [0.25, 0.3) is 0 Å². The summed E-state index contributed by atoms with van der Waals surface area (Å²) >= 11 is 0. The maximum Gasteiger partial charge on any atom is 0.231 e. The molecular formula is C17H19N3O5. The molecule has 0 radical (unpaired) electrons. The van der Waals surface area contributed by atoms with Gasteiger partial charge in [-0.2, -0.15) is 0 Å². The zero-order chi connectivity index (χ0) is 17.8. The van der Waals surface area contributed by atoms with Crippen molar-refractivity contribution in [3.63, 3.8) is 0 Å². The van der Waals surface area contributed by atoms with Crippen LogP contribution in [-0.4, -0.2) is 35.2 Å². The van der Waals surface area contributed by atoms with E-state index in [9.17, 15) is 9.59 Å². The summed E-state index contributed by atoms with van der Waals surface area (Å²) in [4.78, 5) is 25.5. The first kappa shape index (κ1) is 16.8. The fourth-order valence-electron chi connectivity index (χ4n) is 2.47. The average Bonchev–Trinajstić information content (AvgIpc) is 3.19. The van der Waals surface area contributed by atoms with Crippen molar-refractivity contribution in [3.8, 4) is 11.5 Å². The Hall–Kier alpha value is -3.03. The lowest BCUT2D eigenvalue weighted by atomic mass is 10.2. The average molecular weight is 345 g/mol. The Kier molecular flexibility index (Phi) is 4.87. The van der Waals surface area contributed by atoms with E-state index in [0.717, 1.165) is 5.56 Å². The van der Waals surface area contributed by atoms with Gasteiger partial charge in [-0.15, -0.1) is 0 Å². The molecule has 8 nitrogen and oxygen atoms in total. The summed E-state index contributed by atoms with van der Waals surface area (Å²) in [5, 5.41) is 6.34. The first-order valence-electron chi connectivity index (χ1n) is 7.88. The van der Waals surface area contributed by atoms with Gasteiger partial charge in [-0.1, -0.05) is 11.2 Å². The molecule has 0 saturated heterocycles. The standard InChI is InChI=1S/C17H19N3O5/c1-11-7-16(19-25-11)18-17(22)5-6-20(12(2)21)9-13-3-4-14-15(8-13)24-10-23-14/h3-4,7-8H,5-6,9-10H2,1-2H3,(H,18,19,22). The molecule has 0 spiro atoms. The fourth-order valence-corrected chi connectivity index (χ4v) is 2.47. The summed E-state index contributed by atoms with van der Waals surface area (Å²) in [6, 6.07) is 7.17. The molecule has 132 valence electrons. The second-order valence-corrected chi connectivity index (χ2v) is 5.75. The number of hydrogen-bond acceptors (Lipinski definition) is 6. The van der Waals surface area contributed by atoms with Crippen molar-refractivity contribution in [2.45, 2.75) is 26.8 Å². The summed E-state index contributed by atoms with van der Waals surface area (Å²) in [5.74, 6) is 2.00. The van der Waals surface area contributed by atoms with Crippen LogP contribution in [0, 0.1) is 6.92 Å². The largest absolute Gasteiger partial charge is 0.454 e. The number of nitrogens with one attached hydrogen (secondary N) is 1. The topological polar surface area (TPSA) is 93.9 Å². The van der Waals surface area contributed by atoms with Gasteiger partial charge < -0.3 is 24.2 Å². The van der Waals surface area contributed by atoms with Crippen LogP contribution in [0.1, 0.15) is 24.7 Å². The van der Waals surface area contributed by atoms with Crippen molar-refractivity contribution in [1.29, 1.82) is 0 Å². The Morgan fingerprint density at radius 1 is 1.24 bits per heavy atom. The van der Waals surface area contributed by atoms with Gasteiger partial charge in [-0.3, -0.25) is 9.59 Å². The van der Waals surface area contributed by atoms with Crippen molar-refractivity contribution >= 4 is 17.6 Å². The number of ether oxygens (including phenoxy) is 2. The van der Waals surface area contributed by atoms with Crippen LogP contribution in [0.2, 0.25) is 0 Å². The second kappa shape index (κ2) is 7.25. The molecule has 3 rings (SSSR count). The van der Waals surface area contributed by atoms with Crippen LogP contribution in [0.4, 0.5) is 5.82 Å². The maximum atomic E-state index is 12.0. The number of fused-ring (bicyclic) bond motifs is 1. The second-order valence-electron chi connectivity index (χ2n) is 5.75. The molecule has 0 unspecified atom stereocenters. The lowest BCUT2D eigenvalue weighted by Crippen LogP contribution is -2.31. The lowest BCUT2D eigenvalue weighted by Gasteiger charge is -2.21. The molecule has 0 bridgehead atoms. The molecule has 2 heterocycles. The van der Waals surface area contributed by atoms with Gasteiger partial charge in [0.25, 0.3) is 0 Å². The van der Waals surface area contributed by atoms with E-state index < -0.39 is 0 Å². The monoisotopic (exact) mass is 345 g/mol. The van der Waals surface area contributed by atoms with Gasteiger partial charge in [0, 0.05) is 32.5 Å². The smallest absolute Gasteiger partial charge is 0.231 e. The molecular weight excluding hydrogens is 326 g/mol. The number of rotatable bonds is 6. The number of benzene rings is 1. The number of carbonyl (C=O) groups is 2. The van der Waals surface area contributed by atoms with E-state index in [1.807, 2.05) is 18.2 Å². The highest BCUT2D eigenvalue weighted by molar-refractivity contribution is 5.90. The van der Waals surface area contributed by atoms with Crippen molar-refractivity contribution in [3.05, 3.63) is 35.6 Å². The highest BCUT2D eigenvalue weighted by Gasteiger charge is 2.17. The molecule has 1 aromatic carbocycles. The van der Waals surface area contributed by atoms with Crippen molar-refractivity contribution in [2.24, 2.45) is 0 Å². The van der Waals surface area contributed by atoms with Crippen molar-refractivity contribution < 1.29 is 23.6 Å². The molecule has 2 aromatic rings. The van der Waals surface area contributed by atoms with E-state index >= 15 is 0 Å². The first-order chi connectivity index (χ1) is 12.0. The Morgan fingerprint density at radius 2 is 2.04 bits per heavy atom. The molecule has 0 atom stereocenters. The van der Waals surface area contributed by atoms with Gasteiger partial charge in [0.05, 0.1) is 0 Å². The molecule has 1 aromatic heterocycles.